The fourth-order valence-electron chi connectivity index (χ4n) is 1.16. The summed E-state index contributed by atoms with van der Waals surface area (Å²) in [6.45, 7) is 2.48. The van der Waals surface area contributed by atoms with Crippen molar-refractivity contribution in [3.05, 3.63) is 11.6 Å². The first-order valence-electron chi connectivity index (χ1n) is 4.45. The van der Waals surface area contributed by atoms with Crippen molar-refractivity contribution < 1.29 is 4.74 Å². The van der Waals surface area contributed by atoms with Crippen LogP contribution in [0.5, 0.6) is 0 Å². The monoisotopic (exact) mass is 184 g/mol. The minimum Gasteiger partial charge on any atom is -0.373 e. The topological polar surface area (TPSA) is 76.8 Å². The van der Waals surface area contributed by atoms with Crippen molar-refractivity contribution in [3.63, 3.8) is 0 Å². The summed E-state index contributed by atoms with van der Waals surface area (Å²) in [5.41, 5.74) is 5.40. The molecule has 0 amide bonds. The zero-order chi connectivity index (χ0) is 9.68. The molecule has 5 heteroatoms. The maximum atomic E-state index is 5.40. The van der Waals surface area contributed by atoms with Gasteiger partial charge in [-0.2, -0.15) is 5.10 Å². The van der Waals surface area contributed by atoms with Crippen LogP contribution in [0.1, 0.15) is 37.5 Å². The Morgan fingerprint density at radius 3 is 2.85 bits per heavy atom. The van der Waals surface area contributed by atoms with E-state index in [-0.39, 0.29) is 6.10 Å². The summed E-state index contributed by atoms with van der Waals surface area (Å²) in [6.07, 6.45) is 1.96. The van der Waals surface area contributed by atoms with E-state index < -0.39 is 0 Å². The molecular formula is C8H16N4O. The molecule has 1 heterocycles. The van der Waals surface area contributed by atoms with Crippen molar-refractivity contribution in [2.45, 2.75) is 32.4 Å². The lowest BCUT2D eigenvalue weighted by Gasteiger charge is -2.08. The van der Waals surface area contributed by atoms with E-state index in [1.54, 1.807) is 7.11 Å². The zero-order valence-electron chi connectivity index (χ0n) is 8.08. The van der Waals surface area contributed by atoms with Gasteiger partial charge in [0.2, 0.25) is 0 Å². The molecule has 13 heavy (non-hydrogen) atoms. The Morgan fingerprint density at radius 2 is 2.38 bits per heavy atom. The molecule has 0 radical (unpaired) electrons. The molecular weight excluding hydrogens is 168 g/mol. The van der Waals surface area contributed by atoms with Crippen LogP contribution in [0.3, 0.4) is 0 Å². The van der Waals surface area contributed by atoms with E-state index in [0.717, 1.165) is 12.8 Å². The standard InChI is InChI=1S/C8H16N4O/c1-3-4-6(13-2)8-10-7(5-9)11-12-8/h6H,3-5,9H2,1-2H3,(H,10,11,12). The van der Waals surface area contributed by atoms with Crippen molar-refractivity contribution in [2.24, 2.45) is 5.73 Å². The van der Waals surface area contributed by atoms with Crippen molar-refractivity contribution >= 4 is 0 Å². The Bertz CT molecular complexity index is 248. The van der Waals surface area contributed by atoms with E-state index >= 15 is 0 Å². The Balaban J connectivity index is 2.67. The third kappa shape index (κ3) is 2.50. The molecule has 0 fully saturated rings. The molecule has 1 aromatic rings. The van der Waals surface area contributed by atoms with Gasteiger partial charge in [-0.05, 0) is 6.42 Å². The summed E-state index contributed by atoms with van der Waals surface area (Å²) in [5.74, 6) is 1.40. The molecule has 1 unspecified atom stereocenters. The van der Waals surface area contributed by atoms with Crippen molar-refractivity contribution in [1.82, 2.24) is 15.2 Å². The van der Waals surface area contributed by atoms with Gasteiger partial charge in [0.1, 0.15) is 11.9 Å². The average Bonchev–Trinajstić information content (AvgIpc) is 2.62. The molecule has 0 aliphatic rings. The van der Waals surface area contributed by atoms with Gasteiger partial charge in [-0.1, -0.05) is 13.3 Å². The van der Waals surface area contributed by atoms with Crippen LogP contribution in [-0.4, -0.2) is 22.3 Å². The number of nitrogens with two attached hydrogens (primary N) is 1. The van der Waals surface area contributed by atoms with Crippen LogP contribution in [0.25, 0.3) is 0 Å². The third-order valence-corrected chi connectivity index (χ3v) is 1.87. The predicted octanol–water partition coefficient (Wildman–Crippen LogP) is 0.751. The zero-order valence-corrected chi connectivity index (χ0v) is 8.08. The molecule has 1 atom stereocenters. The molecule has 0 aliphatic carbocycles. The molecule has 0 saturated carbocycles. The summed E-state index contributed by atoms with van der Waals surface area (Å²) in [5, 5.41) is 6.80. The third-order valence-electron chi connectivity index (χ3n) is 1.87. The lowest BCUT2D eigenvalue weighted by molar-refractivity contribution is 0.0879. The van der Waals surface area contributed by atoms with Gasteiger partial charge in [0.25, 0.3) is 0 Å². The van der Waals surface area contributed by atoms with E-state index in [4.69, 9.17) is 10.5 Å². The average molecular weight is 184 g/mol. The lowest BCUT2D eigenvalue weighted by Crippen LogP contribution is -2.04. The lowest BCUT2D eigenvalue weighted by atomic mass is 10.2. The largest absolute Gasteiger partial charge is 0.373 e. The molecule has 0 aliphatic heterocycles. The summed E-state index contributed by atoms with van der Waals surface area (Å²) in [4.78, 5) is 4.20. The van der Waals surface area contributed by atoms with E-state index in [2.05, 4.69) is 22.1 Å². The van der Waals surface area contributed by atoms with Gasteiger partial charge < -0.3 is 10.5 Å². The summed E-state index contributed by atoms with van der Waals surface area (Å²) < 4.78 is 5.25. The molecule has 3 N–H and O–H groups in total. The highest BCUT2D eigenvalue weighted by Gasteiger charge is 2.14. The Morgan fingerprint density at radius 1 is 1.62 bits per heavy atom. The number of H-pyrrole nitrogens is 1. The van der Waals surface area contributed by atoms with E-state index in [0.29, 0.717) is 18.2 Å². The van der Waals surface area contributed by atoms with Crippen LogP contribution in [0, 0.1) is 0 Å². The summed E-state index contributed by atoms with van der Waals surface area (Å²) in [6, 6.07) is 0. The summed E-state index contributed by atoms with van der Waals surface area (Å²) >= 11 is 0. The number of aromatic amines is 1. The van der Waals surface area contributed by atoms with Gasteiger partial charge in [0, 0.05) is 7.11 Å². The Labute approximate surface area is 77.7 Å². The maximum absolute atomic E-state index is 5.40. The number of nitrogens with zero attached hydrogens (tertiary/aromatic N) is 2. The van der Waals surface area contributed by atoms with Gasteiger partial charge in [0.05, 0.1) is 6.54 Å². The van der Waals surface area contributed by atoms with Crippen molar-refractivity contribution in [3.8, 4) is 0 Å². The highest BCUT2D eigenvalue weighted by molar-refractivity contribution is 4.93. The fraction of sp³-hybridized carbons (Fsp3) is 0.750. The number of hydrogen-bond acceptors (Lipinski definition) is 4. The van der Waals surface area contributed by atoms with E-state index in [1.807, 2.05) is 0 Å². The van der Waals surface area contributed by atoms with Crippen LogP contribution >= 0.6 is 0 Å². The fourth-order valence-corrected chi connectivity index (χ4v) is 1.16. The van der Waals surface area contributed by atoms with Crippen molar-refractivity contribution in [2.75, 3.05) is 7.11 Å². The molecule has 0 aromatic carbocycles. The maximum Gasteiger partial charge on any atom is 0.179 e. The molecule has 0 saturated heterocycles. The first-order valence-corrected chi connectivity index (χ1v) is 4.45. The second-order valence-electron chi connectivity index (χ2n) is 2.86. The highest BCUT2D eigenvalue weighted by Crippen LogP contribution is 2.17. The SMILES string of the molecule is CCCC(OC)c1n[nH]c(CN)n1. The number of rotatable bonds is 5. The van der Waals surface area contributed by atoms with Gasteiger partial charge in [0.15, 0.2) is 5.82 Å². The first kappa shape index (κ1) is 10.1. The number of hydrogen-bond donors (Lipinski definition) is 2. The van der Waals surface area contributed by atoms with Crippen molar-refractivity contribution in [1.29, 1.82) is 0 Å². The van der Waals surface area contributed by atoms with Gasteiger partial charge in [-0.3, -0.25) is 5.10 Å². The molecule has 1 aromatic heterocycles. The predicted molar refractivity (Wildman–Crippen MR) is 48.9 cm³/mol. The number of ether oxygens (including phenoxy) is 1. The number of nitrogens with one attached hydrogen (secondary N) is 1. The van der Waals surface area contributed by atoms with Crippen LogP contribution in [0.15, 0.2) is 0 Å². The van der Waals surface area contributed by atoms with Gasteiger partial charge >= 0.3 is 0 Å². The highest BCUT2D eigenvalue weighted by atomic mass is 16.5. The second kappa shape index (κ2) is 4.94. The molecule has 74 valence electrons. The van der Waals surface area contributed by atoms with Gasteiger partial charge in [-0.15, -0.1) is 0 Å². The Kier molecular flexibility index (Phi) is 3.85. The molecule has 1 rings (SSSR count). The summed E-state index contributed by atoms with van der Waals surface area (Å²) in [7, 11) is 1.67. The Hall–Kier alpha value is -0.940. The van der Waals surface area contributed by atoms with Crippen LogP contribution < -0.4 is 5.73 Å². The van der Waals surface area contributed by atoms with Gasteiger partial charge in [-0.25, -0.2) is 4.98 Å². The first-order chi connectivity index (χ1) is 6.31. The minimum absolute atomic E-state index is 0.0125. The quantitative estimate of drug-likeness (QED) is 0.708. The molecule has 0 bridgehead atoms. The van der Waals surface area contributed by atoms with E-state index in [1.165, 1.54) is 0 Å². The van der Waals surface area contributed by atoms with Crippen LogP contribution in [0.2, 0.25) is 0 Å². The minimum atomic E-state index is -0.0125. The molecule has 5 nitrogen and oxygen atoms in total. The van der Waals surface area contributed by atoms with Crippen LogP contribution in [-0.2, 0) is 11.3 Å². The normalized spacial score (nSPS) is 13.2. The smallest absolute Gasteiger partial charge is 0.179 e. The molecule has 0 spiro atoms. The second-order valence-corrected chi connectivity index (χ2v) is 2.86. The van der Waals surface area contributed by atoms with E-state index in [9.17, 15) is 0 Å². The number of methoxy groups -OCH3 is 1. The van der Waals surface area contributed by atoms with Crippen LogP contribution in [0.4, 0.5) is 0 Å². The number of aromatic nitrogens is 3.